The van der Waals surface area contributed by atoms with E-state index in [1.54, 1.807) is 72.8 Å². The maximum Gasteiger partial charge on any atom is 0.0652 e. The van der Waals surface area contributed by atoms with Crippen LogP contribution >= 0.6 is 0 Å². The van der Waals surface area contributed by atoms with Crippen LogP contribution in [0.1, 0.15) is 38.4 Å². The van der Waals surface area contributed by atoms with Gasteiger partial charge < -0.3 is 22.8 Å². The summed E-state index contributed by atoms with van der Waals surface area (Å²) in [5, 5.41) is -2.05. The van der Waals surface area contributed by atoms with Crippen molar-refractivity contribution in [1.82, 2.24) is 22.8 Å². The average Bonchev–Trinajstić information content (AvgIpc) is 1.47. The molecule has 5 heteroatoms. The summed E-state index contributed by atoms with van der Waals surface area (Å²) in [6.07, 6.45) is 0. The van der Waals surface area contributed by atoms with E-state index in [1.165, 1.54) is 19.8 Å². The van der Waals surface area contributed by atoms with E-state index < -0.39 is 208 Å². The van der Waals surface area contributed by atoms with Crippen LogP contribution in [0, 0.1) is 0 Å². The van der Waals surface area contributed by atoms with Gasteiger partial charge in [-0.25, -0.2) is 0 Å². The van der Waals surface area contributed by atoms with Crippen LogP contribution in [0.4, 0.5) is 0 Å². The van der Waals surface area contributed by atoms with Crippen molar-refractivity contribution in [2.75, 3.05) is 0 Å². The predicted octanol–water partition coefficient (Wildman–Crippen LogP) is 17.1. The van der Waals surface area contributed by atoms with Crippen LogP contribution in [0.5, 0.6) is 0 Å². The van der Waals surface area contributed by atoms with Crippen molar-refractivity contribution < 1.29 is 38.4 Å². The number of benzene rings is 11. The van der Waals surface area contributed by atoms with Gasteiger partial charge in [-0.2, -0.15) is 0 Å². The molecule has 0 fully saturated rings. The lowest BCUT2D eigenvalue weighted by atomic mass is 10.0. The largest absolute Gasteiger partial charge is 0.309 e. The standard InChI is InChI=1S/C66H41N5/c1-2-18-42(19-3-1)67-55-28-12-8-24-49(55)51-41-44(36-38-59(51)67)69-61-32-16-34-63-65(61)66-62(69)33-17-35-64(66)71(63)57-30-14-7-23-48(57)47-22-6-13-29-56(47)70-58-31-15-9-25-50(58)52-40-43(37-39-60(52)70)68-53-26-10-4-20-45(53)46-21-5-11-27-54(46)68/h1-41H/i4D,5D,8D,9D,10D,11D,12D,15D,16D,17D,20D,21D,24D,25D,26D,27D,28D,31D,32D,33D,34D,35D,36D,37D,38D,39D,40D,41D. The van der Waals surface area contributed by atoms with Gasteiger partial charge in [0.2, 0.25) is 0 Å². The highest BCUT2D eigenvalue weighted by atomic mass is 15.1. The van der Waals surface area contributed by atoms with E-state index in [2.05, 4.69) is 0 Å². The maximum atomic E-state index is 10.2. The second-order valence-electron chi connectivity index (χ2n) is 16.7. The van der Waals surface area contributed by atoms with E-state index in [9.17, 15) is 23.3 Å². The molecule has 16 rings (SSSR count). The molecule has 5 aromatic heterocycles. The minimum atomic E-state index is -0.852. The molecule has 0 spiro atoms. The van der Waals surface area contributed by atoms with Gasteiger partial charge in [-0.1, -0.05) is 139 Å². The maximum absolute atomic E-state index is 10.2. The number of hydrogen-bond acceptors (Lipinski definition) is 0. The molecule has 0 bridgehead atoms. The zero-order valence-corrected chi connectivity index (χ0v) is 36.2. The molecule has 0 aliphatic rings. The van der Waals surface area contributed by atoms with E-state index in [0.29, 0.717) is 5.69 Å². The Balaban J connectivity index is 1.01. The number of aromatic nitrogens is 5. The van der Waals surface area contributed by atoms with E-state index in [0.717, 1.165) is 9.13 Å². The number of hydrogen-bond donors (Lipinski definition) is 0. The van der Waals surface area contributed by atoms with Crippen molar-refractivity contribution in [3.63, 3.8) is 0 Å². The molecular formula is C66H41N5. The third-order valence-electron chi connectivity index (χ3n) is 13.2. The average molecular weight is 932 g/mol. The van der Waals surface area contributed by atoms with Crippen LogP contribution in [-0.4, -0.2) is 22.8 Å². The molecule has 0 radical (unpaired) electrons. The monoisotopic (exact) mass is 932 g/mol. The Kier molecular flexibility index (Phi) is 4.19. The molecule has 71 heavy (non-hydrogen) atoms. The van der Waals surface area contributed by atoms with Crippen molar-refractivity contribution in [2.45, 2.75) is 0 Å². The van der Waals surface area contributed by atoms with Crippen molar-refractivity contribution in [3.05, 3.63) is 248 Å². The first-order valence-corrected chi connectivity index (χ1v) is 22.2. The molecule has 0 unspecified atom stereocenters. The zero-order chi connectivity index (χ0) is 70.7. The number of para-hydroxylation sites is 7. The van der Waals surface area contributed by atoms with Gasteiger partial charge >= 0.3 is 0 Å². The molecule has 0 atom stereocenters. The number of nitrogens with zero attached hydrogens (tertiary/aromatic N) is 5. The SMILES string of the molecule is [2H]c1c([2H])c([2H])c2c(c1[2H])c1c([2H])c(-n3c4c([2H])c([2H])c([2H])c5c4c4c(c([2H])c([2H])c([2H])c43)n5-c3ccccc3-c3ccccc3-n3c4c([2H])c([2H])c([2H])c([2H])c4c4c([2H])c(-n5c6c([2H])c([2H])c([2H])c([2H])c6c6c([2H])c([2H])c([2H])c([2H])c65)c([2H])c([2H])c43)c([2H])c([2H])c1n2-c1ccccc1. The Morgan fingerprint density at radius 1 is 0.239 bits per heavy atom. The Morgan fingerprint density at radius 2 is 0.563 bits per heavy atom. The molecule has 0 N–H and O–H groups in total. The summed E-state index contributed by atoms with van der Waals surface area (Å²) in [5.74, 6) is 0. The predicted molar refractivity (Wildman–Crippen MR) is 297 cm³/mol. The highest BCUT2D eigenvalue weighted by molar-refractivity contribution is 6.26. The van der Waals surface area contributed by atoms with Crippen molar-refractivity contribution >= 4 is 98.3 Å². The third kappa shape index (κ3) is 5.24. The highest BCUT2D eigenvalue weighted by Gasteiger charge is 2.25. The Morgan fingerprint density at radius 3 is 1.06 bits per heavy atom. The van der Waals surface area contributed by atoms with E-state index in [-0.39, 0.29) is 93.6 Å². The summed E-state index contributed by atoms with van der Waals surface area (Å²) in [7, 11) is 0. The molecule has 0 saturated carbocycles. The van der Waals surface area contributed by atoms with Gasteiger partial charge in [0.05, 0.1) is 105 Å². The number of fused-ring (bicyclic) bond motifs is 9. The molecule has 16 aromatic rings. The molecule has 5 heterocycles. The van der Waals surface area contributed by atoms with Gasteiger partial charge in [0.1, 0.15) is 0 Å². The van der Waals surface area contributed by atoms with Crippen molar-refractivity contribution in [1.29, 1.82) is 0 Å². The fraction of sp³-hybridized carbons (Fsp3) is 0. The smallest absolute Gasteiger partial charge is 0.0652 e. The Bertz CT molecular complexity index is 6360. The summed E-state index contributed by atoms with van der Waals surface area (Å²) >= 11 is 0. The summed E-state index contributed by atoms with van der Waals surface area (Å²) in [6.45, 7) is 0. The fourth-order valence-electron chi connectivity index (χ4n) is 10.4. The van der Waals surface area contributed by atoms with Crippen LogP contribution in [-0.2, 0) is 0 Å². The first-order chi connectivity index (χ1) is 46.9. The molecule has 0 saturated heterocycles. The lowest BCUT2D eigenvalue weighted by molar-refractivity contribution is 1.15. The van der Waals surface area contributed by atoms with Crippen LogP contribution in [0.2, 0.25) is 0 Å². The third-order valence-corrected chi connectivity index (χ3v) is 13.2. The molecule has 0 amide bonds. The Labute approximate surface area is 446 Å². The minimum Gasteiger partial charge on any atom is -0.309 e. The quantitative estimate of drug-likeness (QED) is 0.159. The van der Waals surface area contributed by atoms with Gasteiger partial charge in [-0.15, -0.1) is 0 Å². The van der Waals surface area contributed by atoms with E-state index in [1.807, 2.05) is 0 Å². The van der Waals surface area contributed by atoms with Crippen molar-refractivity contribution in [2.24, 2.45) is 0 Å². The summed E-state index contributed by atoms with van der Waals surface area (Å²) in [4.78, 5) is 0. The first kappa shape index (κ1) is 20.6. The molecule has 11 aromatic carbocycles. The molecule has 0 aliphatic heterocycles. The summed E-state index contributed by atoms with van der Waals surface area (Å²) < 4.78 is 268. The summed E-state index contributed by atoms with van der Waals surface area (Å²) in [5.41, 5.74) is -3.25. The van der Waals surface area contributed by atoms with Crippen LogP contribution in [0.15, 0.2) is 248 Å². The minimum absolute atomic E-state index is 0.0167. The lowest BCUT2D eigenvalue weighted by Crippen LogP contribution is -2.02. The Hall–Kier alpha value is -9.58. The van der Waals surface area contributed by atoms with Gasteiger partial charge in [-0.3, -0.25) is 0 Å². The van der Waals surface area contributed by atoms with E-state index >= 15 is 0 Å². The highest BCUT2D eigenvalue weighted by Crippen LogP contribution is 2.46. The lowest BCUT2D eigenvalue weighted by Gasteiger charge is -2.19. The van der Waals surface area contributed by atoms with Crippen LogP contribution in [0.25, 0.3) is 138 Å². The van der Waals surface area contributed by atoms with Gasteiger partial charge in [0.25, 0.3) is 0 Å². The summed E-state index contributed by atoms with van der Waals surface area (Å²) in [6, 6.07) is 1.16. The van der Waals surface area contributed by atoms with Crippen molar-refractivity contribution in [3.8, 4) is 39.6 Å². The topological polar surface area (TPSA) is 24.6 Å². The van der Waals surface area contributed by atoms with Crippen LogP contribution in [0.3, 0.4) is 0 Å². The van der Waals surface area contributed by atoms with Gasteiger partial charge in [-0.05, 0) is 109 Å². The fourth-order valence-corrected chi connectivity index (χ4v) is 10.4. The van der Waals surface area contributed by atoms with E-state index in [4.69, 9.17) is 15.1 Å². The zero-order valence-electron chi connectivity index (χ0n) is 64.2. The second-order valence-corrected chi connectivity index (χ2v) is 16.7. The van der Waals surface area contributed by atoms with Gasteiger partial charge in [0.15, 0.2) is 0 Å². The van der Waals surface area contributed by atoms with Gasteiger partial charge in [0, 0.05) is 71.3 Å². The molecular weight excluding hydrogens is 863 g/mol. The molecule has 5 nitrogen and oxygen atoms in total. The van der Waals surface area contributed by atoms with Crippen LogP contribution < -0.4 is 0 Å². The molecule has 0 aliphatic carbocycles. The number of rotatable bonds is 6. The second kappa shape index (κ2) is 14.5. The first-order valence-electron chi connectivity index (χ1n) is 36.2. The normalized spacial score (nSPS) is 17.7. The molecule has 330 valence electrons.